The Balaban J connectivity index is 2.39. The van der Waals surface area contributed by atoms with Gasteiger partial charge in [0.05, 0.1) is 11.0 Å². The summed E-state index contributed by atoms with van der Waals surface area (Å²) in [7, 11) is 0. The van der Waals surface area contributed by atoms with Gasteiger partial charge in [-0.1, -0.05) is 0 Å². The Kier molecular flexibility index (Phi) is 3.15. The van der Waals surface area contributed by atoms with Gasteiger partial charge in [0.15, 0.2) is 0 Å². The molecule has 0 bridgehead atoms. The number of nitrogen functional groups attached to an aromatic ring is 1. The van der Waals surface area contributed by atoms with Gasteiger partial charge >= 0.3 is 0 Å². The first-order valence-electron chi connectivity index (χ1n) is 4.91. The number of hydrogen-bond donors (Lipinski definition) is 1. The zero-order chi connectivity index (χ0) is 12.6. The molecule has 17 heavy (non-hydrogen) atoms. The highest BCUT2D eigenvalue weighted by atomic mass is 79.9. The molecule has 0 spiro atoms. The molecule has 0 fully saturated rings. The van der Waals surface area contributed by atoms with Crippen molar-refractivity contribution in [3.8, 4) is 0 Å². The van der Waals surface area contributed by atoms with Crippen LogP contribution in [0.15, 0.2) is 22.8 Å². The standard InChI is InChI=1S/C11H10BrF2N3/c1-6-4-17(16-11(6)15)5-7-9(13)3-2-8(12)10(7)14/h2-4H,5H2,1H3,(H2,15,16). The van der Waals surface area contributed by atoms with Gasteiger partial charge in [-0.2, -0.15) is 5.10 Å². The van der Waals surface area contributed by atoms with Gasteiger partial charge in [0, 0.05) is 17.3 Å². The lowest BCUT2D eigenvalue weighted by Gasteiger charge is -2.06. The molecule has 0 atom stereocenters. The van der Waals surface area contributed by atoms with Crippen molar-refractivity contribution in [1.29, 1.82) is 0 Å². The summed E-state index contributed by atoms with van der Waals surface area (Å²) in [5.41, 5.74) is 6.31. The Morgan fingerprint density at radius 2 is 2.12 bits per heavy atom. The lowest BCUT2D eigenvalue weighted by Crippen LogP contribution is -2.06. The van der Waals surface area contributed by atoms with Crippen LogP contribution in [0.1, 0.15) is 11.1 Å². The molecular weight excluding hydrogens is 292 g/mol. The SMILES string of the molecule is Cc1cn(Cc2c(F)ccc(Br)c2F)nc1N. The van der Waals surface area contributed by atoms with Crippen molar-refractivity contribution in [3.63, 3.8) is 0 Å². The molecule has 0 aliphatic heterocycles. The predicted molar refractivity (Wildman–Crippen MR) is 64.5 cm³/mol. The number of aryl methyl sites for hydroxylation is 1. The van der Waals surface area contributed by atoms with Crippen LogP contribution in [0, 0.1) is 18.6 Å². The molecule has 0 saturated carbocycles. The summed E-state index contributed by atoms with van der Waals surface area (Å²) in [4.78, 5) is 0. The van der Waals surface area contributed by atoms with E-state index in [9.17, 15) is 8.78 Å². The van der Waals surface area contributed by atoms with Crippen molar-refractivity contribution in [3.05, 3.63) is 45.6 Å². The maximum absolute atomic E-state index is 13.7. The second-order valence-corrected chi connectivity index (χ2v) is 4.57. The Labute approximate surface area is 105 Å². The van der Waals surface area contributed by atoms with Gasteiger partial charge in [0.25, 0.3) is 0 Å². The first-order chi connectivity index (χ1) is 7.99. The molecule has 1 heterocycles. The summed E-state index contributed by atoms with van der Waals surface area (Å²) >= 11 is 3.02. The summed E-state index contributed by atoms with van der Waals surface area (Å²) in [6.07, 6.45) is 1.65. The summed E-state index contributed by atoms with van der Waals surface area (Å²) in [6, 6.07) is 2.54. The van der Waals surface area contributed by atoms with Gasteiger partial charge in [0.1, 0.15) is 17.5 Å². The fourth-order valence-corrected chi connectivity index (χ4v) is 1.86. The third-order valence-corrected chi connectivity index (χ3v) is 3.05. The molecule has 1 aromatic heterocycles. The van der Waals surface area contributed by atoms with E-state index in [4.69, 9.17) is 5.73 Å². The number of aromatic nitrogens is 2. The van der Waals surface area contributed by atoms with Crippen LogP contribution in [0.5, 0.6) is 0 Å². The van der Waals surface area contributed by atoms with Gasteiger partial charge in [-0.25, -0.2) is 8.78 Å². The van der Waals surface area contributed by atoms with Crippen LogP contribution < -0.4 is 5.73 Å². The summed E-state index contributed by atoms with van der Waals surface area (Å²) in [6.45, 7) is 1.79. The summed E-state index contributed by atoms with van der Waals surface area (Å²) < 4.78 is 28.8. The highest BCUT2D eigenvalue weighted by Gasteiger charge is 2.13. The molecule has 0 saturated heterocycles. The minimum atomic E-state index is -0.614. The van der Waals surface area contributed by atoms with Crippen LogP contribution in [0.3, 0.4) is 0 Å². The number of hydrogen-bond acceptors (Lipinski definition) is 2. The number of halogens is 3. The van der Waals surface area contributed by atoms with E-state index in [0.29, 0.717) is 5.82 Å². The van der Waals surface area contributed by atoms with Crippen LogP contribution in [0.4, 0.5) is 14.6 Å². The van der Waals surface area contributed by atoms with Crippen LogP contribution in [-0.2, 0) is 6.54 Å². The van der Waals surface area contributed by atoms with Gasteiger partial charge < -0.3 is 5.73 Å². The van der Waals surface area contributed by atoms with Crippen LogP contribution >= 0.6 is 15.9 Å². The molecule has 6 heteroatoms. The number of nitrogens with two attached hydrogens (primary N) is 1. The molecule has 1 aromatic carbocycles. The van der Waals surface area contributed by atoms with E-state index < -0.39 is 11.6 Å². The molecule has 90 valence electrons. The third-order valence-electron chi connectivity index (χ3n) is 2.44. The first-order valence-corrected chi connectivity index (χ1v) is 5.70. The number of rotatable bonds is 2. The predicted octanol–water partition coefficient (Wildman–Crippen LogP) is 2.86. The first kappa shape index (κ1) is 12.0. The van der Waals surface area contributed by atoms with Crippen LogP contribution in [0.25, 0.3) is 0 Å². The average molecular weight is 302 g/mol. The fourth-order valence-electron chi connectivity index (χ4n) is 1.49. The second kappa shape index (κ2) is 4.44. The van der Waals surface area contributed by atoms with Crippen molar-refractivity contribution >= 4 is 21.7 Å². The quantitative estimate of drug-likeness (QED) is 0.867. The smallest absolute Gasteiger partial charge is 0.148 e. The Bertz CT molecular complexity index is 547. The highest BCUT2D eigenvalue weighted by molar-refractivity contribution is 9.10. The Hall–Kier alpha value is -1.43. The van der Waals surface area contributed by atoms with E-state index in [1.807, 2.05) is 0 Å². The average Bonchev–Trinajstić information content (AvgIpc) is 2.59. The number of nitrogens with zero attached hydrogens (tertiary/aromatic N) is 2. The topological polar surface area (TPSA) is 43.8 Å². The largest absolute Gasteiger partial charge is 0.382 e. The van der Waals surface area contributed by atoms with Crippen molar-refractivity contribution < 1.29 is 8.78 Å². The monoisotopic (exact) mass is 301 g/mol. The lowest BCUT2D eigenvalue weighted by atomic mass is 10.2. The Morgan fingerprint density at radius 1 is 1.41 bits per heavy atom. The van der Waals surface area contributed by atoms with Gasteiger partial charge in [-0.05, 0) is 35.0 Å². The van der Waals surface area contributed by atoms with E-state index in [0.717, 1.165) is 5.56 Å². The van der Waals surface area contributed by atoms with Gasteiger partial charge in [-0.15, -0.1) is 0 Å². The summed E-state index contributed by atoms with van der Waals surface area (Å²) in [5, 5.41) is 3.96. The molecule has 0 aliphatic carbocycles. The molecular formula is C11H10BrF2N3. The highest BCUT2D eigenvalue weighted by Crippen LogP contribution is 2.22. The third kappa shape index (κ3) is 2.31. The summed E-state index contributed by atoms with van der Waals surface area (Å²) in [5.74, 6) is -0.852. The normalized spacial score (nSPS) is 10.8. The fraction of sp³-hybridized carbons (Fsp3) is 0.182. The van der Waals surface area contributed by atoms with Crippen molar-refractivity contribution in [2.45, 2.75) is 13.5 Å². The van der Waals surface area contributed by atoms with Crippen molar-refractivity contribution in [2.75, 3.05) is 5.73 Å². The molecule has 3 nitrogen and oxygen atoms in total. The van der Waals surface area contributed by atoms with E-state index >= 15 is 0 Å². The second-order valence-electron chi connectivity index (χ2n) is 3.72. The maximum Gasteiger partial charge on any atom is 0.148 e. The van der Waals surface area contributed by atoms with E-state index in [1.165, 1.54) is 16.8 Å². The Morgan fingerprint density at radius 3 is 2.71 bits per heavy atom. The zero-order valence-corrected chi connectivity index (χ0v) is 10.6. The van der Waals surface area contributed by atoms with E-state index in [-0.39, 0.29) is 16.6 Å². The molecule has 0 unspecified atom stereocenters. The van der Waals surface area contributed by atoms with Crippen molar-refractivity contribution in [1.82, 2.24) is 9.78 Å². The number of anilines is 1. The van der Waals surface area contributed by atoms with Crippen LogP contribution in [0.2, 0.25) is 0 Å². The number of benzene rings is 1. The lowest BCUT2D eigenvalue weighted by molar-refractivity contribution is 0.529. The molecule has 2 aromatic rings. The zero-order valence-electron chi connectivity index (χ0n) is 9.04. The minimum absolute atomic E-state index is 0.00907. The van der Waals surface area contributed by atoms with E-state index in [1.54, 1.807) is 13.1 Å². The van der Waals surface area contributed by atoms with Gasteiger partial charge in [0.2, 0.25) is 0 Å². The van der Waals surface area contributed by atoms with Crippen molar-refractivity contribution in [2.24, 2.45) is 0 Å². The minimum Gasteiger partial charge on any atom is -0.382 e. The molecule has 2 rings (SSSR count). The molecule has 0 aliphatic rings. The molecule has 0 amide bonds. The molecule has 2 N–H and O–H groups in total. The molecule has 0 radical (unpaired) electrons. The van der Waals surface area contributed by atoms with Gasteiger partial charge in [-0.3, -0.25) is 4.68 Å². The van der Waals surface area contributed by atoms with Crippen LogP contribution in [-0.4, -0.2) is 9.78 Å². The van der Waals surface area contributed by atoms with E-state index in [2.05, 4.69) is 21.0 Å². The maximum atomic E-state index is 13.7.